The Morgan fingerprint density at radius 1 is 1.20 bits per heavy atom. The van der Waals surface area contributed by atoms with Crippen LogP contribution in [0.2, 0.25) is 0 Å². The summed E-state index contributed by atoms with van der Waals surface area (Å²) in [6.45, 7) is 3.10. The van der Waals surface area contributed by atoms with Crippen LogP contribution in [0.4, 0.5) is 0 Å². The fourth-order valence-corrected chi connectivity index (χ4v) is 3.92. The molecule has 1 aromatic carbocycles. The van der Waals surface area contributed by atoms with E-state index in [-0.39, 0.29) is 25.4 Å². The zero-order chi connectivity index (χ0) is 17.9. The van der Waals surface area contributed by atoms with Crippen molar-refractivity contribution in [3.05, 3.63) is 35.9 Å². The van der Waals surface area contributed by atoms with Crippen LogP contribution >= 0.6 is 0 Å². The molecule has 134 valence electrons. The number of piperidine rings is 1. The van der Waals surface area contributed by atoms with Crippen LogP contribution in [0.1, 0.15) is 31.7 Å². The SMILES string of the molecule is CCOC(=O)[C@@]12C(=O)CCN1CCC[C@H]2C(=O)OCc1ccccc1. The number of hydrogen-bond donors (Lipinski definition) is 0. The van der Waals surface area contributed by atoms with E-state index in [1.165, 1.54) is 0 Å². The molecule has 2 aliphatic heterocycles. The summed E-state index contributed by atoms with van der Waals surface area (Å²) in [5.74, 6) is -2.15. The fourth-order valence-electron chi connectivity index (χ4n) is 3.92. The van der Waals surface area contributed by atoms with Crippen molar-refractivity contribution in [2.75, 3.05) is 19.7 Å². The largest absolute Gasteiger partial charge is 0.464 e. The molecule has 3 rings (SSSR count). The Kier molecular flexibility index (Phi) is 5.18. The van der Waals surface area contributed by atoms with Crippen LogP contribution in [-0.2, 0) is 30.5 Å². The Morgan fingerprint density at radius 3 is 2.68 bits per heavy atom. The van der Waals surface area contributed by atoms with Gasteiger partial charge in [-0.05, 0) is 31.9 Å². The molecular formula is C19H23NO5. The molecule has 2 aliphatic rings. The van der Waals surface area contributed by atoms with Crippen LogP contribution in [0, 0.1) is 5.92 Å². The highest BCUT2D eigenvalue weighted by molar-refractivity contribution is 6.13. The molecule has 0 saturated carbocycles. The number of carbonyl (C=O) groups is 3. The molecule has 0 radical (unpaired) electrons. The highest BCUT2D eigenvalue weighted by atomic mass is 16.5. The van der Waals surface area contributed by atoms with E-state index in [1.54, 1.807) is 6.92 Å². The predicted octanol–water partition coefficient (Wildman–Crippen LogP) is 1.72. The van der Waals surface area contributed by atoms with Crippen LogP contribution in [-0.4, -0.2) is 47.9 Å². The molecule has 1 aromatic rings. The van der Waals surface area contributed by atoms with Crippen molar-refractivity contribution in [1.29, 1.82) is 0 Å². The number of rotatable bonds is 5. The minimum atomic E-state index is -1.50. The fraction of sp³-hybridized carbons (Fsp3) is 0.526. The number of fused-ring (bicyclic) bond motifs is 1. The number of carbonyl (C=O) groups excluding carboxylic acids is 3. The van der Waals surface area contributed by atoms with Gasteiger partial charge in [-0.15, -0.1) is 0 Å². The van der Waals surface area contributed by atoms with Gasteiger partial charge in [-0.25, -0.2) is 4.79 Å². The van der Waals surface area contributed by atoms with Gasteiger partial charge in [-0.1, -0.05) is 30.3 Å². The van der Waals surface area contributed by atoms with E-state index in [1.807, 2.05) is 35.2 Å². The lowest BCUT2D eigenvalue weighted by molar-refractivity contribution is -0.176. The third-order valence-corrected chi connectivity index (χ3v) is 5.05. The maximum absolute atomic E-state index is 12.8. The highest BCUT2D eigenvalue weighted by Gasteiger charge is 2.64. The number of esters is 2. The lowest BCUT2D eigenvalue weighted by Crippen LogP contribution is -2.65. The second kappa shape index (κ2) is 7.35. The first-order valence-electron chi connectivity index (χ1n) is 8.76. The zero-order valence-corrected chi connectivity index (χ0v) is 14.4. The van der Waals surface area contributed by atoms with Crippen LogP contribution < -0.4 is 0 Å². The maximum atomic E-state index is 12.8. The van der Waals surface area contributed by atoms with E-state index in [2.05, 4.69) is 0 Å². The number of benzene rings is 1. The molecular weight excluding hydrogens is 322 g/mol. The minimum absolute atomic E-state index is 0.128. The monoisotopic (exact) mass is 345 g/mol. The molecule has 2 atom stereocenters. The summed E-state index contributed by atoms with van der Waals surface area (Å²) in [6.07, 6.45) is 1.47. The van der Waals surface area contributed by atoms with Gasteiger partial charge in [0.2, 0.25) is 0 Å². The van der Waals surface area contributed by atoms with E-state index in [0.717, 1.165) is 12.0 Å². The second-order valence-corrected chi connectivity index (χ2v) is 6.44. The van der Waals surface area contributed by atoms with Crippen molar-refractivity contribution in [1.82, 2.24) is 4.90 Å². The van der Waals surface area contributed by atoms with E-state index >= 15 is 0 Å². The normalized spacial score (nSPS) is 26.1. The summed E-state index contributed by atoms with van der Waals surface area (Å²) < 4.78 is 10.6. The third kappa shape index (κ3) is 3.06. The van der Waals surface area contributed by atoms with Gasteiger partial charge in [-0.2, -0.15) is 0 Å². The van der Waals surface area contributed by atoms with E-state index < -0.39 is 23.4 Å². The van der Waals surface area contributed by atoms with Gasteiger partial charge in [0.1, 0.15) is 6.61 Å². The molecule has 0 spiro atoms. The molecule has 2 fully saturated rings. The average molecular weight is 345 g/mol. The highest BCUT2D eigenvalue weighted by Crippen LogP contribution is 2.41. The Balaban J connectivity index is 1.83. The van der Waals surface area contributed by atoms with E-state index in [0.29, 0.717) is 19.5 Å². The Hall–Kier alpha value is -2.21. The molecule has 6 heteroatoms. The quantitative estimate of drug-likeness (QED) is 0.598. The Labute approximate surface area is 147 Å². The van der Waals surface area contributed by atoms with Crippen molar-refractivity contribution >= 4 is 17.7 Å². The molecule has 2 saturated heterocycles. The standard InChI is InChI=1S/C19H23NO5/c1-2-24-18(23)19-15(9-6-11-20(19)12-10-16(19)21)17(22)25-13-14-7-4-3-5-8-14/h3-5,7-8,15H,2,6,9-13H2,1H3/t15-,19+/m0/s1. The van der Waals surface area contributed by atoms with Crippen molar-refractivity contribution < 1.29 is 23.9 Å². The predicted molar refractivity (Wildman–Crippen MR) is 89.5 cm³/mol. The number of ketones is 1. The summed E-state index contributed by atoms with van der Waals surface area (Å²) in [4.78, 5) is 40.0. The number of Topliss-reactive ketones (excluding diaryl/α,β-unsaturated/α-hetero) is 1. The number of nitrogens with zero attached hydrogens (tertiary/aromatic N) is 1. The summed E-state index contributed by atoms with van der Waals surface area (Å²) in [5.41, 5.74) is -0.631. The molecule has 25 heavy (non-hydrogen) atoms. The van der Waals surface area contributed by atoms with Crippen LogP contribution in [0.5, 0.6) is 0 Å². The molecule has 0 bridgehead atoms. The summed E-state index contributed by atoms with van der Waals surface area (Å²) >= 11 is 0. The molecule has 0 N–H and O–H groups in total. The summed E-state index contributed by atoms with van der Waals surface area (Å²) in [7, 11) is 0. The van der Waals surface area contributed by atoms with Gasteiger partial charge >= 0.3 is 11.9 Å². The van der Waals surface area contributed by atoms with Crippen molar-refractivity contribution in [2.45, 2.75) is 38.3 Å². The van der Waals surface area contributed by atoms with Crippen LogP contribution in [0.3, 0.4) is 0 Å². The smallest absolute Gasteiger partial charge is 0.335 e. The first kappa shape index (κ1) is 17.6. The van der Waals surface area contributed by atoms with Crippen LogP contribution in [0.25, 0.3) is 0 Å². The van der Waals surface area contributed by atoms with Gasteiger partial charge < -0.3 is 9.47 Å². The van der Waals surface area contributed by atoms with Crippen molar-refractivity contribution in [3.63, 3.8) is 0 Å². The molecule has 0 unspecified atom stereocenters. The van der Waals surface area contributed by atoms with Gasteiger partial charge in [-0.3, -0.25) is 14.5 Å². The molecule has 2 heterocycles. The van der Waals surface area contributed by atoms with Gasteiger partial charge in [0, 0.05) is 13.0 Å². The summed E-state index contributed by atoms with van der Waals surface area (Å²) in [6, 6.07) is 9.35. The maximum Gasteiger partial charge on any atom is 0.335 e. The number of ether oxygens (including phenoxy) is 2. The molecule has 0 aliphatic carbocycles. The van der Waals surface area contributed by atoms with Crippen molar-refractivity contribution in [2.24, 2.45) is 5.92 Å². The molecule has 0 amide bonds. The minimum Gasteiger partial charge on any atom is -0.464 e. The zero-order valence-electron chi connectivity index (χ0n) is 14.4. The molecule has 6 nitrogen and oxygen atoms in total. The van der Waals surface area contributed by atoms with E-state index in [4.69, 9.17) is 9.47 Å². The first-order chi connectivity index (χ1) is 12.1. The van der Waals surface area contributed by atoms with Gasteiger partial charge in [0.25, 0.3) is 0 Å². The van der Waals surface area contributed by atoms with E-state index in [9.17, 15) is 14.4 Å². The number of hydrogen-bond acceptors (Lipinski definition) is 6. The Morgan fingerprint density at radius 2 is 1.96 bits per heavy atom. The van der Waals surface area contributed by atoms with Gasteiger partial charge in [0.05, 0.1) is 12.5 Å². The van der Waals surface area contributed by atoms with Gasteiger partial charge in [0.15, 0.2) is 11.3 Å². The third-order valence-electron chi connectivity index (χ3n) is 5.05. The van der Waals surface area contributed by atoms with Crippen molar-refractivity contribution in [3.8, 4) is 0 Å². The second-order valence-electron chi connectivity index (χ2n) is 6.44. The summed E-state index contributed by atoms with van der Waals surface area (Å²) in [5, 5.41) is 0. The molecule has 0 aromatic heterocycles. The first-order valence-corrected chi connectivity index (χ1v) is 8.76. The topological polar surface area (TPSA) is 72.9 Å². The lowest BCUT2D eigenvalue weighted by atomic mass is 9.75. The van der Waals surface area contributed by atoms with Crippen LogP contribution in [0.15, 0.2) is 30.3 Å². The lowest BCUT2D eigenvalue weighted by Gasteiger charge is -2.43. The average Bonchev–Trinajstić information content (AvgIpc) is 2.98. The Bertz CT molecular complexity index is 659.